The van der Waals surface area contributed by atoms with Gasteiger partial charge in [0.2, 0.25) is 0 Å². The van der Waals surface area contributed by atoms with E-state index in [1.54, 1.807) is 0 Å². The first-order valence-electron chi connectivity index (χ1n) is 15.2. The van der Waals surface area contributed by atoms with Crippen LogP contribution in [0.2, 0.25) is 20.5 Å². The molecule has 1 aliphatic carbocycles. The van der Waals surface area contributed by atoms with Crippen molar-refractivity contribution in [2.75, 3.05) is 0 Å². The van der Waals surface area contributed by atoms with Crippen molar-refractivity contribution in [3.8, 4) is 11.1 Å². The lowest BCUT2D eigenvalue weighted by molar-refractivity contribution is 0.665. The van der Waals surface area contributed by atoms with E-state index in [2.05, 4.69) is 124 Å². The van der Waals surface area contributed by atoms with Crippen molar-refractivity contribution in [1.29, 1.82) is 0 Å². The van der Waals surface area contributed by atoms with Crippen LogP contribution in [0.4, 0.5) is 0 Å². The lowest BCUT2D eigenvalue weighted by Gasteiger charge is -2.23. The smallest absolute Gasteiger partial charge is 0.0865 e. The van der Waals surface area contributed by atoms with Gasteiger partial charge in [0.25, 0.3) is 0 Å². The Morgan fingerprint density at radius 2 is 0.973 bits per heavy atom. The molecular weight excluding hydrogens is 443 g/mol. The summed E-state index contributed by atoms with van der Waals surface area (Å²) < 4.78 is 0. The summed E-state index contributed by atoms with van der Waals surface area (Å²) in [5.74, 6) is 0. The number of hydrogen-bond acceptors (Lipinski definition) is 0. The van der Waals surface area contributed by atoms with Gasteiger partial charge in [-0.25, -0.2) is 0 Å². The predicted octanol–water partition coefficient (Wildman–Crippen LogP) is 13.0. The molecule has 37 heavy (non-hydrogen) atoms. The molecule has 1 aliphatic rings. The predicted molar refractivity (Wildman–Crippen MR) is 180 cm³/mol. The second kappa shape index (κ2) is 22.0. The zero-order chi connectivity index (χ0) is 29.8. The first-order valence-corrected chi connectivity index (χ1v) is 15.2. The minimum absolute atomic E-state index is 0.0749. The molecule has 3 aromatic rings. The average molecular weight is 507 g/mol. The van der Waals surface area contributed by atoms with Gasteiger partial charge in [-0.15, -0.1) is 0 Å². The van der Waals surface area contributed by atoms with Crippen molar-refractivity contribution in [2.24, 2.45) is 0 Å². The van der Waals surface area contributed by atoms with Gasteiger partial charge < -0.3 is 0 Å². The van der Waals surface area contributed by atoms with Crippen molar-refractivity contribution >= 4 is 17.5 Å². The van der Waals surface area contributed by atoms with E-state index in [4.69, 9.17) is 0 Å². The fourth-order valence-corrected chi connectivity index (χ4v) is 3.89. The van der Waals surface area contributed by atoms with E-state index in [-0.39, 0.29) is 5.41 Å². The van der Waals surface area contributed by atoms with Gasteiger partial charge >= 0.3 is 0 Å². The molecule has 0 bridgehead atoms. The molecule has 0 radical (unpaired) electrons. The first kappa shape index (κ1) is 39.5. The van der Waals surface area contributed by atoms with Crippen molar-refractivity contribution in [1.82, 2.24) is 0 Å². The molecule has 1 heteroatoms. The Kier molecular flexibility index (Phi) is 23.5. The molecule has 0 amide bonds. The van der Waals surface area contributed by atoms with Crippen molar-refractivity contribution < 1.29 is 0 Å². The number of fused-ring (bicyclic) bond motifs is 5. The summed E-state index contributed by atoms with van der Waals surface area (Å²) in [6.07, 6.45) is 2.50. The van der Waals surface area contributed by atoms with Crippen LogP contribution >= 0.6 is 0 Å². The first-order chi connectivity index (χ1) is 17.5. The summed E-state index contributed by atoms with van der Waals surface area (Å²) in [6, 6.07) is 18.3. The number of benzene rings is 3. The largest absolute Gasteiger partial charge is 0.130 e. The van der Waals surface area contributed by atoms with E-state index in [1.165, 1.54) is 57.0 Å². The van der Waals surface area contributed by atoms with Crippen molar-refractivity contribution in [3.05, 3.63) is 70.8 Å². The normalized spacial score (nSPS) is 10.7. The standard InChI is InChI=1S/C21H20.C3H9B.2C3H8.3C2H6/c1-13-5-8-16-15(11-13)7-10-18-17-9-6-14(2)12-19(17)21(3,4)20(16)18;1-4(2)3;2*1-3-2;3*1-2/h5-12H,1-4H3;1-3H3;2*3H2,1-2H3;3*1-2H3. The van der Waals surface area contributed by atoms with Gasteiger partial charge in [-0.1, -0.05) is 176 Å². The maximum atomic E-state index is 2.36. The van der Waals surface area contributed by atoms with Crippen LogP contribution in [0.5, 0.6) is 0 Å². The SMILES string of the molecule is CB(C)C.CC.CC.CC.CCC.CCC.Cc1ccc2c(c1)C(C)(C)c1c-2ccc2cc(C)ccc12. The zero-order valence-corrected chi connectivity index (χ0v) is 28.1. The van der Waals surface area contributed by atoms with Crippen molar-refractivity contribution in [2.45, 2.75) is 136 Å². The van der Waals surface area contributed by atoms with Crippen LogP contribution in [0, 0.1) is 13.8 Å². The highest BCUT2D eigenvalue weighted by Gasteiger charge is 2.36. The van der Waals surface area contributed by atoms with Crippen LogP contribution in [0.15, 0.2) is 48.5 Å². The molecule has 4 rings (SSSR count). The third kappa shape index (κ3) is 12.4. The topological polar surface area (TPSA) is 0 Å². The highest BCUT2D eigenvalue weighted by Crippen LogP contribution is 2.51. The molecule has 0 saturated carbocycles. The van der Waals surface area contributed by atoms with Crippen LogP contribution in [0.3, 0.4) is 0 Å². The Labute approximate surface area is 234 Å². The number of aryl methyl sites for hydroxylation is 2. The maximum absolute atomic E-state index is 2.36. The van der Waals surface area contributed by atoms with Gasteiger partial charge in [-0.3, -0.25) is 0 Å². The van der Waals surface area contributed by atoms with Gasteiger partial charge in [0.15, 0.2) is 0 Å². The Balaban J connectivity index is -0.000000610. The molecule has 0 aromatic heterocycles. The van der Waals surface area contributed by atoms with Gasteiger partial charge in [0.1, 0.15) is 6.71 Å². The van der Waals surface area contributed by atoms with Gasteiger partial charge in [-0.2, -0.15) is 0 Å². The highest BCUT2D eigenvalue weighted by atomic mass is 14.4. The summed E-state index contributed by atoms with van der Waals surface area (Å²) in [4.78, 5) is 0. The summed E-state index contributed by atoms with van der Waals surface area (Å²) in [7, 11) is 0. The number of hydrogen-bond donors (Lipinski definition) is 0. The minimum atomic E-state index is 0.0749. The Bertz CT molecular complexity index is 959. The van der Waals surface area contributed by atoms with Crippen LogP contribution in [-0.4, -0.2) is 6.71 Å². The third-order valence-corrected chi connectivity index (χ3v) is 4.94. The molecular formula is C36H63B. The Morgan fingerprint density at radius 1 is 0.595 bits per heavy atom. The molecule has 0 atom stereocenters. The van der Waals surface area contributed by atoms with E-state index in [0.29, 0.717) is 0 Å². The summed E-state index contributed by atoms with van der Waals surface area (Å²) in [6.45, 7) is 36.9. The molecule has 0 unspecified atom stereocenters. The molecule has 3 aromatic carbocycles. The monoisotopic (exact) mass is 507 g/mol. The molecule has 0 saturated heterocycles. The van der Waals surface area contributed by atoms with E-state index >= 15 is 0 Å². The summed E-state index contributed by atoms with van der Waals surface area (Å²) in [5.41, 5.74) is 8.51. The number of rotatable bonds is 0. The molecule has 0 heterocycles. The van der Waals surface area contributed by atoms with Crippen LogP contribution < -0.4 is 0 Å². The van der Waals surface area contributed by atoms with Crippen LogP contribution in [0.25, 0.3) is 21.9 Å². The third-order valence-electron chi connectivity index (χ3n) is 4.94. The quantitative estimate of drug-likeness (QED) is 0.266. The maximum Gasteiger partial charge on any atom is 0.130 e. The molecule has 0 aliphatic heterocycles. The van der Waals surface area contributed by atoms with Gasteiger partial charge in [0.05, 0.1) is 0 Å². The van der Waals surface area contributed by atoms with Crippen molar-refractivity contribution in [3.63, 3.8) is 0 Å². The summed E-state index contributed by atoms with van der Waals surface area (Å²) in [5, 5.41) is 2.75. The lowest BCUT2D eigenvalue weighted by Crippen LogP contribution is -2.15. The second-order valence-corrected chi connectivity index (χ2v) is 10.0. The molecule has 0 fully saturated rings. The Morgan fingerprint density at radius 3 is 1.43 bits per heavy atom. The average Bonchev–Trinajstić information content (AvgIpc) is 3.10. The van der Waals surface area contributed by atoms with Crippen LogP contribution in [-0.2, 0) is 5.41 Å². The fraction of sp³-hybridized carbons (Fsp3) is 0.556. The molecule has 210 valence electrons. The van der Waals surface area contributed by atoms with E-state index in [9.17, 15) is 0 Å². The molecule has 0 spiro atoms. The highest BCUT2D eigenvalue weighted by molar-refractivity contribution is 6.54. The van der Waals surface area contributed by atoms with E-state index < -0.39 is 0 Å². The zero-order valence-electron chi connectivity index (χ0n) is 28.1. The fourth-order valence-electron chi connectivity index (χ4n) is 3.89. The second-order valence-electron chi connectivity index (χ2n) is 10.0. The Hall–Kier alpha value is -2.02. The van der Waals surface area contributed by atoms with E-state index in [1.807, 2.05) is 41.5 Å². The lowest BCUT2D eigenvalue weighted by atomic mass is 9.58. The van der Waals surface area contributed by atoms with Crippen LogP contribution in [0.1, 0.15) is 118 Å². The van der Waals surface area contributed by atoms with Gasteiger partial charge in [-0.05, 0) is 46.9 Å². The molecule has 0 N–H and O–H groups in total. The minimum Gasteiger partial charge on any atom is -0.0865 e. The summed E-state index contributed by atoms with van der Waals surface area (Å²) >= 11 is 0. The van der Waals surface area contributed by atoms with Gasteiger partial charge in [0, 0.05) is 5.41 Å². The molecule has 0 nitrogen and oxygen atoms in total. The van der Waals surface area contributed by atoms with E-state index in [0.717, 1.165) is 6.71 Å².